The fraction of sp³-hybridized carbons (Fsp3) is 0.421. The monoisotopic (exact) mass is 312 g/mol. The molecule has 1 aliphatic heterocycles. The molecule has 0 amide bonds. The SMILES string of the molecule is Cc1c(OCc2ccccc2)c(=O)ccn1CC1CCNCC1. The summed E-state index contributed by atoms with van der Waals surface area (Å²) in [6.07, 6.45) is 4.27. The van der Waals surface area contributed by atoms with Gasteiger partial charge in [-0.1, -0.05) is 30.3 Å². The number of ether oxygens (including phenoxy) is 1. The highest BCUT2D eigenvalue weighted by Crippen LogP contribution is 2.19. The molecule has 4 nitrogen and oxygen atoms in total. The molecule has 0 saturated carbocycles. The normalized spacial score (nSPS) is 15.5. The van der Waals surface area contributed by atoms with E-state index in [1.165, 1.54) is 12.8 Å². The van der Waals surface area contributed by atoms with Crippen molar-refractivity contribution >= 4 is 0 Å². The smallest absolute Gasteiger partial charge is 0.223 e. The van der Waals surface area contributed by atoms with Crippen LogP contribution < -0.4 is 15.5 Å². The van der Waals surface area contributed by atoms with Crippen LogP contribution in [-0.2, 0) is 13.2 Å². The molecule has 122 valence electrons. The fourth-order valence-corrected chi connectivity index (χ4v) is 3.10. The molecule has 3 rings (SSSR count). The van der Waals surface area contributed by atoms with E-state index in [1.54, 1.807) is 6.07 Å². The number of hydrogen-bond donors (Lipinski definition) is 1. The second-order valence-corrected chi connectivity index (χ2v) is 6.21. The maximum Gasteiger partial charge on any atom is 0.223 e. The van der Waals surface area contributed by atoms with Crippen LogP contribution in [0.15, 0.2) is 47.4 Å². The minimum Gasteiger partial charge on any atom is -0.483 e. The van der Waals surface area contributed by atoms with Crippen molar-refractivity contribution in [1.82, 2.24) is 9.88 Å². The van der Waals surface area contributed by atoms with E-state index < -0.39 is 0 Å². The number of hydrogen-bond acceptors (Lipinski definition) is 3. The van der Waals surface area contributed by atoms with Gasteiger partial charge in [0.15, 0.2) is 5.75 Å². The number of nitrogens with zero attached hydrogens (tertiary/aromatic N) is 1. The molecule has 0 spiro atoms. The van der Waals surface area contributed by atoms with Crippen LogP contribution in [0.3, 0.4) is 0 Å². The summed E-state index contributed by atoms with van der Waals surface area (Å²) < 4.78 is 8.00. The zero-order valence-corrected chi connectivity index (χ0v) is 13.6. The molecule has 0 atom stereocenters. The second-order valence-electron chi connectivity index (χ2n) is 6.21. The van der Waals surface area contributed by atoms with Gasteiger partial charge in [-0.25, -0.2) is 0 Å². The van der Waals surface area contributed by atoms with Gasteiger partial charge in [0.05, 0.1) is 5.69 Å². The minimum atomic E-state index is -0.0417. The van der Waals surface area contributed by atoms with Gasteiger partial charge in [-0.3, -0.25) is 4.79 Å². The van der Waals surface area contributed by atoms with E-state index in [9.17, 15) is 4.79 Å². The molecular formula is C19H24N2O2. The molecule has 1 fully saturated rings. The Balaban J connectivity index is 1.74. The Morgan fingerprint density at radius 1 is 1.17 bits per heavy atom. The molecule has 1 N–H and O–H groups in total. The van der Waals surface area contributed by atoms with Crippen molar-refractivity contribution in [3.8, 4) is 5.75 Å². The predicted octanol–water partition coefficient (Wildman–Crippen LogP) is 2.74. The zero-order valence-electron chi connectivity index (χ0n) is 13.6. The van der Waals surface area contributed by atoms with Crippen LogP contribution in [0.4, 0.5) is 0 Å². The summed E-state index contributed by atoms with van der Waals surface area (Å²) in [7, 11) is 0. The molecular weight excluding hydrogens is 288 g/mol. The molecule has 0 unspecified atom stereocenters. The van der Waals surface area contributed by atoms with Crippen molar-refractivity contribution < 1.29 is 4.74 Å². The minimum absolute atomic E-state index is 0.0417. The number of pyridine rings is 1. The highest BCUT2D eigenvalue weighted by Gasteiger charge is 2.16. The molecule has 2 heterocycles. The molecule has 4 heteroatoms. The van der Waals surface area contributed by atoms with Gasteiger partial charge in [-0.2, -0.15) is 0 Å². The van der Waals surface area contributed by atoms with Crippen molar-refractivity contribution in [2.24, 2.45) is 5.92 Å². The van der Waals surface area contributed by atoms with Crippen molar-refractivity contribution in [1.29, 1.82) is 0 Å². The standard InChI is InChI=1S/C19H24N2O2/c1-15-19(23-14-17-5-3-2-4-6-17)18(22)9-12-21(15)13-16-7-10-20-11-8-16/h2-6,9,12,16,20H,7-8,10-11,13-14H2,1H3. The van der Waals surface area contributed by atoms with Gasteiger partial charge in [0.1, 0.15) is 6.61 Å². The first-order valence-electron chi connectivity index (χ1n) is 8.31. The Labute approximate surface area is 137 Å². The Bertz CT molecular complexity index is 688. The van der Waals surface area contributed by atoms with Gasteiger partial charge >= 0.3 is 0 Å². The lowest BCUT2D eigenvalue weighted by atomic mass is 9.98. The third-order valence-electron chi connectivity index (χ3n) is 4.53. The lowest BCUT2D eigenvalue weighted by Crippen LogP contribution is -2.30. The lowest BCUT2D eigenvalue weighted by Gasteiger charge is -2.25. The Morgan fingerprint density at radius 2 is 1.91 bits per heavy atom. The van der Waals surface area contributed by atoms with Crippen LogP contribution in [0.2, 0.25) is 0 Å². The average Bonchev–Trinajstić information content (AvgIpc) is 2.59. The van der Waals surface area contributed by atoms with E-state index >= 15 is 0 Å². The van der Waals surface area contributed by atoms with Crippen LogP contribution in [0, 0.1) is 12.8 Å². The topological polar surface area (TPSA) is 43.3 Å². The van der Waals surface area contributed by atoms with Crippen molar-refractivity contribution in [3.05, 3.63) is 64.1 Å². The fourth-order valence-electron chi connectivity index (χ4n) is 3.10. The van der Waals surface area contributed by atoms with Gasteiger partial charge in [0.2, 0.25) is 5.43 Å². The van der Waals surface area contributed by atoms with E-state index in [2.05, 4.69) is 9.88 Å². The van der Waals surface area contributed by atoms with Gasteiger partial charge in [0, 0.05) is 18.8 Å². The number of aromatic nitrogens is 1. The summed E-state index contributed by atoms with van der Waals surface area (Å²) in [6, 6.07) is 11.6. The number of rotatable bonds is 5. The number of piperidine rings is 1. The van der Waals surface area contributed by atoms with Crippen molar-refractivity contribution in [2.75, 3.05) is 13.1 Å². The Hall–Kier alpha value is -2.07. The number of nitrogens with one attached hydrogen (secondary N) is 1. The first-order valence-corrected chi connectivity index (χ1v) is 8.31. The highest BCUT2D eigenvalue weighted by molar-refractivity contribution is 5.28. The first-order chi connectivity index (χ1) is 11.2. The molecule has 1 aromatic heterocycles. The molecule has 0 bridgehead atoms. The van der Waals surface area contributed by atoms with Crippen LogP contribution >= 0.6 is 0 Å². The average molecular weight is 312 g/mol. The van der Waals surface area contributed by atoms with E-state index in [-0.39, 0.29) is 5.43 Å². The molecule has 0 radical (unpaired) electrons. The molecule has 0 aliphatic carbocycles. The molecule has 1 saturated heterocycles. The van der Waals surface area contributed by atoms with Crippen molar-refractivity contribution in [2.45, 2.75) is 32.9 Å². The third kappa shape index (κ3) is 4.02. The Morgan fingerprint density at radius 3 is 2.65 bits per heavy atom. The summed E-state index contributed by atoms with van der Waals surface area (Å²) in [4.78, 5) is 12.2. The highest BCUT2D eigenvalue weighted by atomic mass is 16.5. The molecule has 23 heavy (non-hydrogen) atoms. The van der Waals surface area contributed by atoms with Crippen molar-refractivity contribution in [3.63, 3.8) is 0 Å². The molecule has 1 aliphatic rings. The van der Waals surface area contributed by atoms with E-state index in [1.807, 2.05) is 43.5 Å². The zero-order chi connectivity index (χ0) is 16.1. The second kappa shape index (κ2) is 7.47. The molecule has 1 aromatic carbocycles. The summed E-state index contributed by atoms with van der Waals surface area (Å²) in [6.45, 7) is 5.52. The molecule has 2 aromatic rings. The largest absolute Gasteiger partial charge is 0.483 e. The first kappa shape index (κ1) is 15.8. The maximum absolute atomic E-state index is 12.2. The van der Waals surface area contributed by atoms with Crippen LogP contribution in [0.5, 0.6) is 5.75 Å². The summed E-state index contributed by atoms with van der Waals surface area (Å²) >= 11 is 0. The van der Waals surface area contributed by atoms with Crippen LogP contribution in [0.1, 0.15) is 24.1 Å². The quantitative estimate of drug-likeness (QED) is 0.923. The van der Waals surface area contributed by atoms with E-state index in [0.29, 0.717) is 18.3 Å². The van der Waals surface area contributed by atoms with Gasteiger partial charge < -0.3 is 14.6 Å². The van der Waals surface area contributed by atoms with Gasteiger partial charge in [0.25, 0.3) is 0 Å². The summed E-state index contributed by atoms with van der Waals surface area (Å²) in [5.74, 6) is 1.14. The van der Waals surface area contributed by atoms with E-state index in [4.69, 9.17) is 4.74 Å². The maximum atomic E-state index is 12.2. The van der Waals surface area contributed by atoms with Crippen LogP contribution in [-0.4, -0.2) is 17.7 Å². The van der Waals surface area contributed by atoms with Crippen LogP contribution in [0.25, 0.3) is 0 Å². The van der Waals surface area contributed by atoms with Gasteiger partial charge in [-0.15, -0.1) is 0 Å². The van der Waals surface area contributed by atoms with E-state index in [0.717, 1.165) is 30.9 Å². The number of benzene rings is 1. The Kier molecular flexibility index (Phi) is 5.13. The summed E-state index contributed by atoms with van der Waals surface area (Å²) in [5, 5.41) is 3.39. The third-order valence-corrected chi connectivity index (χ3v) is 4.53. The lowest BCUT2D eigenvalue weighted by molar-refractivity contribution is 0.290. The predicted molar refractivity (Wildman–Crippen MR) is 91.8 cm³/mol. The van der Waals surface area contributed by atoms with Gasteiger partial charge in [-0.05, 0) is 44.3 Å². The summed E-state index contributed by atoms with van der Waals surface area (Å²) in [5.41, 5.74) is 1.95.